The van der Waals surface area contributed by atoms with Gasteiger partial charge in [-0.05, 0) is 37.9 Å². The molecule has 0 fully saturated rings. The van der Waals surface area contributed by atoms with Gasteiger partial charge in [-0.25, -0.2) is 0 Å². The van der Waals surface area contributed by atoms with Crippen molar-refractivity contribution < 1.29 is 4.74 Å². The lowest BCUT2D eigenvalue weighted by Crippen LogP contribution is -2.21. The summed E-state index contributed by atoms with van der Waals surface area (Å²) in [5.41, 5.74) is 2.65. The molecule has 0 saturated heterocycles. The summed E-state index contributed by atoms with van der Waals surface area (Å²) in [5, 5.41) is 3.54. The Hall–Kier alpha value is -0.380. The number of methoxy groups -OCH3 is 1. The van der Waals surface area contributed by atoms with Gasteiger partial charge in [0.25, 0.3) is 0 Å². The molecule has 0 saturated carbocycles. The van der Waals surface area contributed by atoms with Crippen LogP contribution in [0.1, 0.15) is 36.9 Å². The zero-order chi connectivity index (χ0) is 12.7. The maximum atomic E-state index is 5.12. The average molecular weight is 300 g/mol. The van der Waals surface area contributed by atoms with E-state index in [2.05, 4.69) is 53.3 Å². The highest BCUT2D eigenvalue weighted by Gasteiger charge is 2.13. The summed E-state index contributed by atoms with van der Waals surface area (Å²) in [5.74, 6) is 0. The number of aryl methyl sites for hydroxylation is 1. The molecule has 0 aliphatic rings. The van der Waals surface area contributed by atoms with E-state index in [9.17, 15) is 0 Å². The Bertz CT molecular complexity index is 341. The Labute approximate surface area is 113 Å². The van der Waals surface area contributed by atoms with E-state index >= 15 is 0 Å². The van der Waals surface area contributed by atoms with Gasteiger partial charge in [-0.15, -0.1) is 0 Å². The van der Waals surface area contributed by atoms with E-state index in [1.807, 2.05) is 0 Å². The first-order valence-electron chi connectivity index (χ1n) is 6.17. The maximum Gasteiger partial charge on any atom is 0.0462 e. The summed E-state index contributed by atoms with van der Waals surface area (Å²) in [4.78, 5) is 0. The molecule has 0 amide bonds. The third-order valence-corrected chi connectivity index (χ3v) is 3.54. The van der Waals surface area contributed by atoms with Crippen molar-refractivity contribution in [2.75, 3.05) is 20.3 Å². The number of halogens is 1. The van der Waals surface area contributed by atoms with Crippen molar-refractivity contribution in [2.45, 2.75) is 32.7 Å². The average Bonchev–Trinajstić information content (AvgIpc) is 2.32. The van der Waals surface area contributed by atoms with Crippen molar-refractivity contribution >= 4 is 15.9 Å². The normalized spacial score (nSPS) is 12.7. The molecule has 0 aromatic heterocycles. The molecule has 0 heterocycles. The van der Waals surface area contributed by atoms with Crippen molar-refractivity contribution in [2.24, 2.45) is 0 Å². The topological polar surface area (TPSA) is 21.3 Å². The smallest absolute Gasteiger partial charge is 0.0462 e. The lowest BCUT2D eigenvalue weighted by Gasteiger charge is -2.20. The molecule has 1 unspecified atom stereocenters. The minimum absolute atomic E-state index is 0.407. The van der Waals surface area contributed by atoms with Crippen LogP contribution in [0, 0.1) is 6.92 Å². The van der Waals surface area contributed by atoms with Crippen LogP contribution in [-0.2, 0) is 4.74 Å². The van der Waals surface area contributed by atoms with Crippen LogP contribution in [0.25, 0.3) is 0 Å². The zero-order valence-electron chi connectivity index (χ0n) is 10.9. The predicted octanol–water partition coefficient (Wildman–Crippen LogP) is 3.83. The molecule has 0 bridgehead atoms. The van der Waals surface area contributed by atoms with E-state index in [-0.39, 0.29) is 0 Å². The molecule has 3 heteroatoms. The molecule has 0 aliphatic heterocycles. The summed E-state index contributed by atoms with van der Waals surface area (Å²) in [7, 11) is 1.75. The maximum absolute atomic E-state index is 5.12. The van der Waals surface area contributed by atoms with E-state index in [0.717, 1.165) is 26.0 Å². The van der Waals surface area contributed by atoms with Crippen molar-refractivity contribution in [1.29, 1.82) is 0 Å². The molecule has 1 atom stereocenters. The summed E-state index contributed by atoms with van der Waals surface area (Å²) in [6.07, 6.45) is 2.18. The Morgan fingerprint density at radius 1 is 1.41 bits per heavy atom. The molecular formula is C14H22BrNO. The molecule has 0 spiro atoms. The van der Waals surface area contributed by atoms with Crippen LogP contribution in [0.5, 0.6) is 0 Å². The van der Waals surface area contributed by atoms with Crippen LogP contribution in [0.4, 0.5) is 0 Å². The van der Waals surface area contributed by atoms with Gasteiger partial charge >= 0.3 is 0 Å². The van der Waals surface area contributed by atoms with Gasteiger partial charge < -0.3 is 10.1 Å². The molecule has 1 rings (SSSR count). The SMILES string of the molecule is CCNC(CCCOC)c1cc(C)ccc1Br. The van der Waals surface area contributed by atoms with E-state index in [1.165, 1.54) is 15.6 Å². The largest absolute Gasteiger partial charge is 0.385 e. The minimum atomic E-state index is 0.407. The molecular weight excluding hydrogens is 278 g/mol. The second-order valence-corrected chi connectivity index (χ2v) is 5.12. The van der Waals surface area contributed by atoms with Crippen LogP contribution in [0.2, 0.25) is 0 Å². The van der Waals surface area contributed by atoms with Gasteiger partial charge in [-0.3, -0.25) is 0 Å². The first-order chi connectivity index (χ1) is 8.19. The number of nitrogens with one attached hydrogen (secondary N) is 1. The van der Waals surface area contributed by atoms with Gasteiger partial charge in [-0.2, -0.15) is 0 Å². The second-order valence-electron chi connectivity index (χ2n) is 4.27. The summed E-state index contributed by atoms with van der Waals surface area (Å²) in [6.45, 7) is 6.09. The quantitative estimate of drug-likeness (QED) is 0.773. The second kappa shape index (κ2) is 7.85. The first kappa shape index (κ1) is 14.7. The van der Waals surface area contributed by atoms with E-state index < -0.39 is 0 Å². The van der Waals surface area contributed by atoms with Crippen molar-refractivity contribution in [1.82, 2.24) is 5.32 Å². The Kier molecular flexibility index (Phi) is 6.78. The van der Waals surface area contributed by atoms with Crippen LogP contribution < -0.4 is 5.32 Å². The van der Waals surface area contributed by atoms with Crippen LogP contribution in [-0.4, -0.2) is 20.3 Å². The molecule has 2 nitrogen and oxygen atoms in total. The highest BCUT2D eigenvalue weighted by molar-refractivity contribution is 9.10. The fraction of sp³-hybridized carbons (Fsp3) is 0.571. The number of hydrogen-bond acceptors (Lipinski definition) is 2. The van der Waals surface area contributed by atoms with Gasteiger partial charge in [0.15, 0.2) is 0 Å². The number of benzene rings is 1. The van der Waals surface area contributed by atoms with Gasteiger partial charge in [0.05, 0.1) is 0 Å². The third kappa shape index (κ3) is 4.78. The Morgan fingerprint density at radius 3 is 2.82 bits per heavy atom. The lowest BCUT2D eigenvalue weighted by molar-refractivity contribution is 0.189. The molecule has 17 heavy (non-hydrogen) atoms. The minimum Gasteiger partial charge on any atom is -0.385 e. The summed E-state index contributed by atoms with van der Waals surface area (Å²) in [6, 6.07) is 6.92. The number of ether oxygens (including phenoxy) is 1. The third-order valence-electron chi connectivity index (χ3n) is 2.82. The molecule has 0 aliphatic carbocycles. The van der Waals surface area contributed by atoms with Crippen LogP contribution in [0.3, 0.4) is 0 Å². The van der Waals surface area contributed by atoms with Gasteiger partial charge in [0, 0.05) is 24.2 Å². The molecule has 96 valence electrons. The molecule has 1 N–H and O–H groups in total. The Balaban J connectivity index is 2.77. The fourth-order valence-electron chi connectivity index (χ4n) is 1.98. The highest BCUT2D eigenvalue weighted by Crippen LogP contribution is 2.27. The molecule has 1 aromatic rings. The van der Waals surface area contributed by atoms with Gasteiger partial charge in [0.1, 0.15) is 0 Å². The molecule has 1 aromatic carbocycles. The predicted molar refractivity (Wildman–Crippen MR) is 76.4 cm³/mol. The van der Waals surface area contributed by atoms with Gasteiger partial charge in [-0.1, -0.05) is 40.5 Å². The molecule has 0 radical (unpaired) electrons. The van der Waals surface area contributed by atoms with E-state index in [0.29, 0.717) is 6.04 Å². The van der Waals surface area contributed by atoms with E-state index in [4.69, 9.17) is 4.74 Å². The number of hydrogen-bond donors (Lipinski definition) is 1. The van der Waals surface area contributed by atoms with Crippen LogP contribution in [0.15, 0.2) is 22.7 Å². The monoisotopic (exact) mass is 299 g/mol. The Morgan fingerprint density at radius 2 is 2.18 bits per heavy atom. The van der Waals surface area contributed by atoms with Crippen molar-refractivity contribution in [3.05, 3.63) is 33.8 Å². The standard InChI is InChI=1S/C14H22BrNO/c1-4-16-14(6-5-9-17-3)12-10-11(2)7-8-13(12)15/h7-8,10,14,16H,4-6,9H2,1-3H3. The van der Waals surface area contributed by atoms with E-state index in [1.54, 1.807) is 7.11 Å². The van der Waals surface area contributed by atoms with Crippen molar-refractivity contribution in [3.63, 3.8) is 0 Å². The zero-order valence-corrected chi connectivity index (χ0v) is 12.5. The van der Waals surface area contributed by atoms with Crippen LogP contribution >= 0.6 is 15.9 Å². The lowest BCUT2D eigenvalue weighted by atomic mass is 10.0. The van der Waals surface area contributed by atoms with Crippen molar-refractivity contribution in [3.8, 4) is 0 Å². The fourth-order valence-corrected chi connectivity index (χ4v) is 2.50. The summed E-state index contributed by atoms with van der Waals surface area (Å²) >= 11 is 3.64. The highest BCUT2D eigenvalue weighted by atomic mass is 79.9. The summed E-state index contributed by atoms with van der Waals surface area (Å²) < 4.78 is 6.31. The first-order valence-corrected chi connectivity index (χ1v) is 6.96. The van der Waals surface area contributed by atoms with Gasteiger partial charge in [0.2, 0.25) is 0 Å². The number of rotatable bonds is 7.